The first kappa shape index (κ1) is 62.6. The van der Waals surface area contributed by atoms with Crippen molar-refractivity contribution in [2.75, 3.05) is 36.8 Å². The molecule has 5 amide bonds. The van der Waals surface area contributed by atoms with Gasteiger partial charge in [-0.3, -0.25) is 19.2 Å². The molecule has 0 radical (unpaired) electrons. The largest absolute Gasteiger partial charge is 0.480 e. The van der Waals surface area contributed by atoms with Gasteiger partial charge in [-0.15, -0.1) is 0 Å². The summed E-state index contributed by atoms with van der Waals surface area (Å²) in [5.74, 6) is -4.20. The van der Waals surface area contributed by atoms with Gasteiger partial charge in [0.1, 0.15) is 29.8 Å². The molecule has 2 aliphatic rings. The summed E-state index contributed by atoms with van der Waals surface area (Å²) in [6.45, 7) is 10.0. The van der Waals surface area contributed by atoms with Crippen molar-refractivity contribution in [2.45, 2.75) is 138 Å². The van der Waals surface area contributed by atoms with Crippen LogP contribution in [0.25, 0.3) is 0 Å². The lowest BCUT2D eigenvalue weighted by Crippen LogP contribution is -2.51. The van der Waals surface area contributed by atoms with Gasteiger partial charge in [0.2, 0.25) is 43.7 Å². The molecule has 79 heavy (non-hydrogen) atoms. The fraction of sp³-hybridized carbons (Fsp3) is 0.436. The van der Waals surface area contributed by atoms with E-state index >= 15 is 0 Å². The summed E-state index contributed by atoms with van der Waals surface area (Å²) < 4.78 is 60.1. The second kappa shape index (κ2) is 28.6. The lowest BCUT2D eigenvalue weighted by atomic mass is 10.0. The third-order valence-corrected chi connectivity index (χ3v) is 16.6. The van der Waals surface area contributed by atoms with Crippen LogP contribution in [-0.2, 0) is 66.4 Å². The number of carbonyl (C=O) groups is 7. The number of carboxylic acid groups (broad SMARTS) is 2. The molecule has 22 nitrogen and oxygen atoms in total. The summed E-state index contributed by atoms with van der Waals surface area (Å²) in [5, 5.41) is 32.6. The molecule has 0 bridgehead atoms. The van der Waals surface area contributed by atoms with Crippen LogP contribution in [-0.4, -0.2) is 133 Å². The number of anilines is 2. The molecule has 2 aliphatic heterocycles. The molecule has 4 aromatic carbocycles. The molecule has 0 spiro atoms. The predicted octanol–water partition coefficient (Wildman–Crippen LogP) is 4.84. The second-order valence-electron chi connectivity index (χ2n) is 20.3. The molecule has 0 unspecified atom stereocenters. The molecule has 0 aromatic heterocycles. The Morgan fingerprint density at radius 3 is 1.34 bits per heavy atom. The highest BCUT2D eigenvalue weighted by Gasteiger charge is 2.42. The number of rotatable bonds is 23. The van der Waals surface area contributed by atoms with Gasteiger partial charge in [-0.1, -0.05) is 59.7 Å². The highest BCUT2D eigenvalue weighted by atomic mass is 32.2. The van der Waals surface area contributed by atoms with Crippen LogP contribution in [0.1, 0.15) is 94.4 Å². The number of ether oxygens (including phenoxy) is 1. The van der Waals surface area contributed by atoms with Gasteiger partial charge in [-0.25, -0.2) is 31.2 Å². The predicted molar refractivity (Wildman–Crippen MR) is 295 cm³/mol. The Labute approximate surface area is 461 Å². The molecule has 4 aromatic rings. The number of aryl methyl sites for hydroxylation is 2. The lowest BCUT2D eigenvalue weighted by Gasteiger charge is -2.25. The van der Waals surface area contributed by atoms with E-state index < -0.39 is 79.7 Å². The topological polar surface area (TPSA) is 330 Å². The molecule has 2 saturated heterocycles. The number of alkyl carbamates (subject to hydrolysis) is 1. The van der Waals surface area contributed by atoms with Crippen molar-refractivity contribution in [2.24, 2.45) is 5.73 Å². The molecule has 6 rings (SSSR count). The molecule has 428 valence electrons. The summed E-state index contributed by atoms with van der Waals surface area (Å²) in [6, 6.07) is 21.4. The first-order valence-electron chi connectivity index (χ1n) is 25.9. The molecular weight excluding hydrogens is 1060 g/mol. The fourth-order valence-corrected chi connectivity index (χ4v) is 11.9. The molecule has 2 fully saturated rings. The zero-order chi connectivity index (χ0) is 58.1. The Balaban J connectivity index is 0.000000295. The first-order valence-corrected chi connectivity index (χ1v) is 28.8. The number of nitrogens with zero attached hydrogens (tertiary/aromatic N) is 2. The second-order valence-corrected chi connectivity index (χ2v) is 24.1. The number of nitrogens with one attached hydrogen (secondary N) is 5. The molecule has 2 heterocycles. The smallest absolute Gasteiger partial charge is 0.407 e. The molecule has 4 atom stereocenters. The Hall–Kier alpha value is -7.25. The van der Waals surface area contributed by atoms with Gasteiger partial charge >= 0.3 is 18.0 Å². The fourth-order valence-electron chi connectivity index (χ4n) is 8.59. The molecule has 9 N–H and O–H groups in total. The van der Waals surface area contributed by atoms with Gasteiger partial charge in [0.15, 0.2) is 0 Å². The van der Waals surface area contributed by atoms with Crippen molar-refractivity contribution in [3.8, 4) is 0 Å². The van der Waals surface area contributed by atoms with Crippen molar-refractivity contribution in [3.05, 3.63) is 119 Å². The van der Waals surface area contributed by atoms with E-state index in [1.165, 1.54) is 24.3 Å². The highest BCUT2D eigenvalue weighted by Crippen LogP contribution is 2.29. The van der Waals surface area contributed by atoms with Crippen molar-refractivity contribution in [1.29, 1.82) is 0 Å². The standard InChI is InChI=1S/C30H40N4O8S.C25H32N4O6S/c1-20-9-15-23(16-10-20)43(40,41)34-18-6-7-25(34)27(36)33-24(28(37)38)19-21-11-13-22(14-12-21)32-26(35)8-5-17-31-29(39)42-30(2,3)4;1-17-6-12-20(13-7-17)36(34,35)29-15-3-4-22(29)24(31)28-21(25(32)33)16-18-8-10-19(11-9-18)27-23(30)5-2-14-26/h9-16,24-25H,5-8,17-19H2,1-4H3,(H,31,39)(H,32,35)(H,33,36)(H,37,38);6-13,21-22H,2-5,14-16,26H2,1H3,(H,27,30)(H,28,31)(H,32,33)/t24-,25-;21-,22-/m00/s1. The minimum Gasteiger partial charge on any atom is -0.480 e. The Morgan fingerprint density at radius 1 is 0.608 bits per heavy atom. The molecule has 24 heteroatoms. The SMILES string of the molecule is Cc1ccc(S(=O)(=O)N2CCC[C@H]2C(=O)N[C@@H](Cc2ccc(NC(=O)CCCN)cc2)C(=O)O)cc1.Cc1ccc(S(=O)(=O)N2CCC[C@H]2C(=O)N[C@@H](Cc2ccc(NC(=O)CCCNC(=O)OC(C)(C)C)cc2)C(=O)O)cc1. The minimum atomic E-state index is -3.93. The molecule has 0 aliphatic carbocycles. The maximum atomic E-state index is 13.2. The number of hydrogen-bond donors (Lipinski definition) is 8. The summed E-state index contributed by atoms with van der Waals surface area (Å²) in [7, 11) is -7.83. The van der Waals surface area contributed by atoms with Gasteiger partial charge < -0.3 is 47.3 Å². The van der Waals surface area contributed by atoms with E-state index in [9.17, 15) is 60.6 Å². The van der Waals surface area contributed by atoms with Crippen LogP contribution in [0, 0.1) is 13.8 Å². The highest BCUT2D eigenvalue weighted by molar-refractivity contribution is 7.89. The van der Waals surface area contributed by atoms with E-state index in [0.717, 1.165) is 19.7 Å². The van der Waals surface area contributed by atoms with Crippen LogP contribution in [0.2, 0.25) is 0 Å². The van der Waals surface area contributed by atoms with E-state index in [1.54, 1.807) is 93.6 Å². The van der Waals surface area contributed by atoms with E-state index in [4.69, 9.17) is 10.5 Å². The van der Waals surface area contributed by atoms with Gasteiger partial charge in [-0.05, 0) is 139 Å². The maximum Gasteiger partial charge on any atom is 0.407 e. The summed E-state index contributed by atoms with van der Waals surface area (Å²) in [4.78, 5) is 86.0. The van der Waals surface area contributed by atoms with Crippen molar-refractivity contribution < 1.29 is 65.3 Å². The summed E-state index contributed by atoms with van der Waals surface area (Å²) >= 11 is 0. The molecular formula is C55H72N8O14S2. The lowest BCUT2D eigenvalue weighted by molar-refractivity contribution is -0.142. The Bertz CT molecular complexity index is 2990. The third kappa shape index (κ3) is 19.0. The van der Waals surface area contributed by atoms with Gasteiger partial charge in [0, 0.05) is 56.7 Å². The number of aliphatic carboxylic acids is 2. The van der Waals surface area contributed by atoms with E-state index in [1.807, 2.05) is 13.8 Å². The van der Waals surface area contributed by atoms with Gasteiger partial charge in [0.25, 0.3) is 0 Å². The average Bonchev–Trinajstić information content (AvgIpc) is 4.18. The van der Waals surface area contributed by atoms with Crippen molar-refractivity contribution in [3.63, 3.8) is 0 Å². The number of sulfonamides is 2. The van der Waals surface area contributed by atoms with Crippen molar-refractivity contribution >= 4 is 73.1 Å². The van der Waals surface area contributed by atoms with Crippen LogP contribution >= 0.6 is 0 Å². The van der Waals surface area contributed by atoms with E-state index in [2.05, 4.69) is 26.6 Å². The summed E-state index contributed by atoms with van der Waals surface area (Å²) in [5.41, 5.74) is 8.93. The average molecular weight is 1130 g/mol. The monoisotopic (exact) mass is 1130 g/mol. The molecule has 0 saturated carbocycles. The number of benzene rings is 4. The zero-order valence-electron chi connectivity index (χ0n) is 45.0. The first-order chi connectivity index (χ1) is 37.3. The van der Waals surface area contributed by atoms with E-state index in [0.29, 0.717) is 67.6 Å². The van der Waals surface area contributed by atoms with Crippen molar-refractivity contribution in [1.82, 2.24) is 24.6 Å². The number of hydrogen-bond acceptors (Lipinski definition) is 13. The number of amides is 5. The number of carbonyl (C=O) groups excluding carboxylic acids is 5. The van der Waals surface area contributed by atoms with Gasteiger partial charge in [-0.2, -0.15) is 8.61 Å². The number of carboxylic acids is 2. The summed E-state index contributed by atoms with van der Waals surface area (Å²) in [6.07, 6.45) is 2.45. The third-order valence-electron chi connectivity index (χ3n) is 12.7. The normalized spacial score (nSPS) is 16.5. The van der Waals surface area contributed by atoms with E-state index in [-0.39, 0.29) is 66.9 Å². The minimum absolute atomic E-state index is 0.0000938. The van der Waals surface area contributed by atoms with Crippen LogP contribution in [0.4, 0.5) is 16.2 Å². The van der Waals surface area contributed by atoms with Crippen LogP contribution in [0.5, 0.6) is 0 Å². The van der Waals surface area contributed by atoms with Gasteiger partial charge in [0.05, 0.1) is 9.79 Å². The maximum absolute atomic E-state index is 13.2. The number of nitrogens with two attached hydrogens (primary N) is 1. The quantitative estimate of drug-likeness (QED) is 0.0461. The Kier molecular flexibility index (Phi) is 22.6. The van der Waals surface area contributed by atoms with Crippen LogP contribution in [0.3, 0.4) is 0 Å². The van der Waals surface area contributed by atoms with Crippen LogP contribution in [0.15, 0.2) is 107 Å². The zero-order valence-corrected chi connectivity index (χ0v) is 46.7. The Morgan fingerprint density at radius 2 is 0.987 bits per heavy atom. The van der Waals surface area contributed by atoms with Crippen LogP contribution < -0.4 is 32.3 Å².